The van der Waals surface area contributed by atoms with Crippen molar-refractivity contribution in [2.45, 2.75) is 52.0 Å². The number of aromatic nitrogens is 2. The van der Waals surface area contributed by atoms with Crippen LogP contribution >= 0.6 is 0 Å². The van der Waals surface area contributed by atoms with Crippen LogP contribution in [-0.2, 0) is 21.2 Å². The number of guanidine groups is 1. The second-order valence-corrected chi connectivity index (χ2v) is 11.6. The Bertz CT molecular complexity index is 1680. The molecule has 0 radical (unpaired) electrons. The summed E-state index contributed by atoms with van der Waals surface area (Å²) in [5.74, 6) is -0.558. The number of aliphatic imine (C=N–C) groups is 1. The topological polar surface area (TPSA) is 166 Å². The lowest BCUT2D eigenvalue weighted by Gasteiger charge is -2.21. The largest absolute Gasteiger partial charge is 0.480 e. The molecule has 2 aromatic carbocycles. The van der Waals surface area contributed by atoms with Gasteiger partial charge >= 0.3 is 5.97 Å². The molecule has 5 N–H and O–H groups in total. The fourth-order valence-corrected chi connectivity index (χ4v) is 6.55. The van der Waals surface area contributed by atoms with E-state index in [1.807, 2.05) is 32.9 Å². The summed E-state index contributed by atoms with van der Waals surface area (Å²) in [4.78, 5) is 36.3. The van der Waals surface area contributed by atoms with Gasteiger partial charge in [0.05, 0.1) is 22.3 Å². The van der Waals surface area contributed by atoms with E-state index in [0.717, 1.165) is 41.3 Å². The lowest BCUT2D eigenvalue weighted by Crippen LogP contribution is -2.43. The number of benzene rings is 2. The third-order valence-electron chi connectivity index (χ3n) is 7.34. The van der Waals surface area contributed by atoms with Crippen LogP contribution in [0.25, 0.3) is 17.0 Å². The highest BCUT2D eigenvalue weighted by atomic mass is 32.2. The van der Waals surface area contributed by atoms with Crippen molar-refractivity contribution in [3.63, 3.8) is 0 Å². The first kappa shape index (κ1) is 29.0. The number of aromatic amines is 1. The molecule has 0 unspecified atom stereocenters. The Morgan fingerprint density at radius 3 is 2.40 bits per heavy atom. The fourth-order valence-electron chi connectivity index (χ4n) is 4.76. The van der Waals surface area contributed by atoms with Gasteiger partial charge in [-0.25, -0.2) is 13.4 Å². The molecule has 2 heterocycles. The number of carboxylic acids is 1. The monoisotopic (exact) mass is 566 g/mol. The maximum absolute atomic E-state index is 13.4. The second-order valence-electron chi connectivity index (χ2n) is 9.90. The molecule has 212 valence electrons. The van der Waals surface area contributed by atoms with Gasteiger partial charge in [0.15, 0.2) is 5.96 Å². The summed E-state index contributed by atoms with van der Waals surface area (Å²) in [6.45, 7) is 11.2. The first-order valence-electron chi connectivity index (χ1n) is 12.9. The zero-order valence-electron chi connectivity index (χ0n) is 23.2. The molecule has 0 aliphatic carbocycles. The summed E-state index contributed by atoms with van der Waals surface area (Å²) in [6.07, 6.45) is 3.43. The minimum atomic E-state index is -4.20. The average molecular weight is 567 g/mol. The van der Waals surface area contributed by atoms with E-state index in [9.17, 15) is 23.1 Å². The van der Waals surface area contributed by atoms with E-state index in [2.05, 4.69) is 30.3 Å². The predicted octanol–water partition coefficient (Wildman–Crippen LogP) is 2.00. The molecule has 0 saturated carbocycles. The van der Waals surface area contributed by atoms with E-state index < -0.39 is 27.6 Å². The van der Waals surface area contributed by atoms with Gasteiger partial charge in [0.1, 0.15) is 11.9 Å². The molecule has 4 rings (SSSR count). The zero-order valence-corrected chi connectivity index (χ0v) is 24.0. The SMILES string of the molecule is Cc1c(C)c(C)c(S(=O)(=O)N[C@@H](Cc2nc3ccc(C=CCNC4=NCCN4)cc3c(=O)[nH]2)C(=O)O)c(C)c1C. The van der Waals surface area contributed by atoms with Crippen molar-refractivity contribution in [1.82, 2.24) is 25.3 Å². The van der Waals surface area contributed by atoms with Gasteiger partial charge in [0.25, 0.3) is 5.56 Å². The minimum Gasteiger partial charge on any atom is -0.480 e. The van der Waals surface area contributed by atoms with Crippen molar-refractivity contribution < 1.29 is 18.3 Å². The summed E-state index contributed by atoms with van der Waals surface area (Å²) in [5, 5.41) is 16.5. The lowest BCUT2D eigenvalue weighted by atomic mass is 9.95. The Kier molecular flexibility index (Phi) is 8.40. The summed E-state index contributed by atoms with van der Waals surface area (Å²) in [5.41, 5.74) is 4.53. The van der Waals surface area contributed by atoms with Crippen molar-refractivity contribution in [2.24, 2.45) is 4.99 Å². The Morgan fingerprint density at radius 2 is 1.77 bits per heavy atom. The van der Waals surface area contributed by atoms with Gasteiger partial charge in [0, 0.05) is 19.5 Å². The smallest absolute Gasteiger partial charge is 0.322 e. The molecule has 0 bridgehead atoms. The van der Waals surface area contributed by atoms with Crippen LogP contribution in [0.4, 0.5) is 0 Å². The number of carboxylic acid groups (broad SMARTS) is 1. The maximum atomic E-state index is 13.4. The van der Waals surface area contributed by atoms with E-state index in [0.29, 0.717) is 28.6 Å². The van der Waals surface area contributed by atoms with Crippen molar-refractivity contribution >= 4 is 38.9 Å². The molecule has 1 aliphatic rings. The Hall–Kier alpha value is -4.03. The molecule has 0 fully saturated rings. The number of nitrogens with zero attached hydrogens (tertiary/aromatic N) is 2. The van der Waals surface area contributed by atoms with Crippen molar-refractivity contribution in [2.75, 3.05) is 19.6 Å². The molecule has 12 heteroatoms. The zero-order chi connectivity index (χ0) is 29.2. The first-order chi connectivity index (χ1) is 18.9. The number of aliphatic carboxylic acids is 1. The van der Waals surface area contributed by atoms with Crippen molar-refractivity contribution in [3.05, 3.63) is 73.8 Å². The molecular formula is C28H34N6O5S. The van der Waals surface area contributed by atoms with Gasteiger partial charge in [-0.2, -0.15) is 4.72 Å². The van der Waals surface area contributed by atoms with E-state index in [1.165, 1.54) is 0 Å². The molecule has 0 saturated heterocycles. The standard InChI is InChI=1S/C28H34N6O5S/c1-15-16(2)18(4)25(19(5)17(15)3)40(38,39)34-23(27(36)37)14-24-32-22-9-8-20(13-21(22)26(35)33-24)7-6-10-29-28-30-11-12-31-28/h6-9,13,23,34H,10-12,14H2,1-5H3,(H,36,37)(H2,29,30,31)(H,32,33,35)/t23-/m0/s1. The molecule has 11 nitrogen and oxygen atoms in total. The normalized spacial score (nSPS) is 14.4. The molecule has 1 aromatic heterocycles. The van der Waals surface area contributed by atoms with E-state index >= 15 is 0 Å². The average Bonchev–Trinajstić information content (AvgIpc) is 3.42. The van der Waals surface area contributed by atoms with Crippen molar-refractivity contribution in [3.8, 4) is 0 Å². The quantitative estimate of drug-likeness (QED) is 0.262. The van der Waals surface area contributed by atoms with Crippen molar-refractivity contribution in [1.29, 1.82) is 0 Å². The molecule has 1 atom stereocenters. The maximum Gasteiger partial charge on any atom is 0.322 e. The van der Waals surface area contributed by atoms with Crippen LogP contribution in [0.3, 0.4) is 0 Å². The third kappa shape index (κ3) is 6.07. The molecule has 3 aromatic rings. The third-order valence-corrected chi connectivity index (χ3v) is 9.09. The van der Waals surface area contributed by atoms with Crippen LogP contribution in [-0.4, -0.2) is 61.1 Å². The predicted molar refractivity (Wildman–Crippen MR) is 155 cm³/mol. The summed E-state index contributed by atoms with van der Waals surface area (Å²) in [7, 11) is -4.20. The number of H-pyrrole nitrogens is 1. The van der Waals surface area contributed by atoms with E-state index in [-0.39, 0.29) is 17.1 Å². The number of hydrogen-bond donors (Lipinski definition) is 5. The van der Waals surface area contributed by atoms with Gasteiger partial charge in [0.2, 0.25) is 10.0 Å². The Labute approximate surface area is 232 Å². The molecule has 1 aliphatic heterocycles. The highest BCUT2D eigenvalue weighted by Crippen LogP contribution is 2.29. The number of nitrogens with one attached hydrogen (secondary N) is 4. The van der Waals surface area contributed by atoms with Gasteiger partial charge in [-0.1, -0.05) is 18.2 Å². The fraction of sp³-hybridized carbons (Fsp3) is 0.357. The number of hydrogen-bond acceptors (Lipinski definition) is 8. The molecule has 40 heavy (non-hydrogen) atoms. The van der Waals surface area contributed by atoms with E-state index in [1.54, 1.807) is 32.0 Å². The molecular weight excluding hydrogens is 532 g/mol. The van der Waals surface area contributed by atoms with Crippen LogP contribution < -0.4 is 20.9 Å². The summed E-state index contributed by atoms with van der Waals surface area (Å²) in [6, 6.07) is 3.62. The van der Waals surface area contributed by atoms with Crippen LogP contribution in [0.2, 0.25) is 0 Å². The lowest BCUT2D eigenvalue weighted by molar-refractivity contribution is -0.139. The number of sulfonamides is 1. The highest BCUT2D eigenvalue weighted by Gasteiger charge is 2.30. The van der Waals surface area contributed by atoms with Gasteiger partial charge in [-0.3, -0.25) is 14.6 Å². The van der Waals surface area contributed by atoms with Crippen LogP contribution in [0.5, 0.6) is 0 Å². The molecule has 0 amide bonds. The van der Waals surface area contributed by atoms with Gasteiger partial charge in [-0.05, 0) is 80.1 Å². The number of fused-ring (bicyclic) bond motifs is 1. The Morgan fingerprint density at radius 1 is 1.10 bits per heavy atom. The summed E-state index contributed by atoms with van der Waals surface area (Å²) < 4.78 is 29.1. The van der Waals surface area contributed by atoms with E-state index in [4.69, 9.17) is 0 Å². The van der Waals surface area contributed by atoms with Crippen LogP contribution in [0, 0.1) is 34.6 Å². The Balaban J connectivity index is 1.55. The van der Waals surface area contributed by atoms with Crippen LogP contribution in [0.15, 0.2) is 39.0 Å². The van der Waals surface area contributed by atoms with Crippen LogP contribution in [0.1, 0.15) is 39.2 Å². The summed E-state index contributed by atoms with van der Waals surface area (Å²) >= 11 is 0. The number of carbonyl (C=O) groups is 1. The highest BCUT2D eigenvalue weighted by molar-refractivity contribution is 7.89. The van der Waals surface area contributed by atoms with Gasteiger partial charge < -0.3 is 20.7 Å². The molecule has 0 spiro atoms. The van der Waals surface area contributed by atoms with Gasteiger partial charge in [-0.15, -0.1) is 0 Å². The first-order valence-corrected chi connectivity index (χ1v) is 14.4. The minimum absolute atomic E-state index is 0.0645. The number of rotatable bonds is 9. The second kappa shape index (κ2) is 11.6.